The van der Waals surface area contributed by atoms with Crippen molar-refractivity contribution in [1.82, 2.24) is 20.0 Å². The van der Waals surface area contributed by atoms with Gasteiger partial charge in [0, 0.05) is 32.1 Å². The summed E-state index contributed by atoms with van der Waals surface area (Å²) in [5.41, 5.74) is 1.09. The number of nitrogens with one attached hydrogen (secondary N) is 1. The molecule has 0 bridgehead atoms. The fourth-order valence-electron chi connectivity index (χ4n) is 3.79. The van der Waals surface area contributed by atoms with Gasteiger partial charge in [0.15, 0.2) is 0 Å². The molecule has 7 nitrogen and oxygen atoms in total. The molecule has 1 saturated heterocycles. The van der Waals surface area contributed by atoms with Crippen molar-refractivity contribution in [3.63, 3.8) is 0 Å². The number of rotatable bonds is 3. The zero-order valence-electron chi connectivity index (χ0n) is 18.4. The number of hydrogen-bond donors (Lipinski definition) is 1. The van der Waals surface area contributed by atoms with Crippen LogP contribution in [-0.2, 0) is 11.8 Å². The first-order valence-corrected chi connectivity index (χ1v) is 10.6. The number of benzene rings is 1. The van der Waals surface area contributed by atoms with Crippen LogP contribution in [0.25, 0.3) is 0 Å². The number of piperidine rings is 1. The Balaban J connectivity index is 1.84. The van der Waals surface area contributed by atoms with E-state index in [1.54, 1.807) is 31.0 Å². The predicted octanol–water partition coefficient (Wildman–Crippen LogP) is 4.04. The Labute approximate surface area is 186 Å². The van der Waals surface area contributed by atoms with Gasteiger partial charge in [-0.1, -0.05) is 23.7 Å². The molecule has 0 saturated carbocycles. The Bertz CT molecular complexity index is 968. The van der Waals surface area contributed by atoms with Crippen molar-refractivity contribution in [3.05, 3.63) is 52.1 Å². The highest BCUT2D eigenvalue weighted by atomic mass is 35.5. The maximum absolute atomic E-state index is 13.5. The Morgan fingerprint density at radius 3 is 2.45 bits per heavy atom. The lowest BCUT2D eigenvalue weighted by molar-refractivity contribution is 0.0177. The molecule has 168 valence electrons. The van der Waals surface area contributed by atoms with Gasteiger partial charge in [0.2, 0.25) is 0 Å². The molecule has 2 aromatic rings. The summed E-state index contributed by atoms with van der Waals surface area (Å²) in [7, 11) is 1.67. The SMILES string of the molecule is Cc1nn(C)c(Cl)c1C(=O)N[C@@H]1CCN(C(=O)OC(C)(C)C)C[C@H]1c1ccc(F)cc1. The zero-order chi connectivity index (χ0) is 22.9. The van der Waals surface area contributed by atoms with Gasteiger partial charge in [-0.05, 0) is 51.8 Å². The van der Waals surface area contributed by atoms with Crippen LogP contribution < -0.4 is 5.32 Å². The van der Waals surface area contributed by atoms with Crippen LogP contribution in [0.1, 0.15) is 54.7 Å². The van der Waals surface area contributed by atoms with E-state index >= 15 is 0 Å². The van der Waals surface area contributed by atoms with E-state index in [-0.39, 0.29) is 28.8 Å². The number of halogens is 2. The van der Waals surface area contributed by atoms with Crippen molar-refractivity contribution in [2.24, 2.45) is 7.05 Å². The number of nitrogens with zero attached hydrogens (tertiary/aromatic N) is 3. The maximum atomic E-state index is 13.5. The Hall–Kier alpha value is -2.61. The first-order valence-electron chi connectivity index (χ1n) is 10.2. The monoisotopic (exact) mass is 450 g/mol. The molecule has 1 aliphatic heterocycles. The highest BCUT2D eigenvalue weighted by molar-refractivity contribution is 6.33. The lowest BCUT2D eigenvalue weighted by Crippen LogP contribution is -2.52. The second-order valence-corrected chi connectivity index (χ2v) is 9.19. The lowest BCUT2D eigenvalue weighted by atomic mass is 9.86. The van der Waals surface area contributed by atoms with Crippen LogP contribution in [0.3, 0.4) is 0 Å². The molecule has 9 heteroatoms. The van der Waals surface area contributed by atoms with Crippen molar-refractivity contribution in [3.8, 4) is 0 Å². The Kier molecular flexibility index (Phi) is 6.59. The van der Waals surface area contributed by atoms with E-state index in [9.17, 15) is 14.0 Å². The van der Waals surface area contributed by atoms with E-state index in [1.807, 2.05) is 20.8 Å². The zero-order valence-corrected chi connectivity index (χ0v) is 19.2. The first kappa shape index (κ1) is 23.1. The summed E-state index contributed by atoms with van der Waals surface area (Å²) in [6.07, 6.45) is 0.111. The van der Waals surface area contributed by atoms with E-state index in [4.69, 9.17) is 16.3 Å². The van der Waals surface area contributed by atoms with Crippen LogP contribution in [0, 0.1) is 12.7 Å². The van der Waals surface area contributed by atoms with Gasteiger partial charge in [-0.25, -0.2) is 9.18 Å². The van der Waals surface area contributed by atoms with E-state index in [0.29, 0.717) is 30.8 Å². The third kappa shape index (κ3) is 5.36. The van der Waals surface area contributed by atoms with Gasteiger partial charge in [0.25, 0.3) is 5.91 Å². The molecular formula is C22H28ClFN4O3. The summed E-state index contributed by atoms with van der Waals surface area (Å²) in [6.45, 7) is 7.94. The highest BCUT2D eigenvalue weighted by Crippen LogP contribution is 2.30. The standard InChI is InChI=1S/C22H28ClFN4O3/c1-13-18(19(23)27(5)26-13)20(29)25-17-10-11-28(21(30)31-22(2,3)4)12-16(17)14-6-8-15(24)9-7-14/h6-9,16-17H,10-12H2,1-5H3,(H,25,29)/t16-,17+/m0/s1. The van der Waals surface area contributed by atoms with Crippen molar-refractivity contribution in [1.29, 1.82) is 0 Å². The highest BCUT2D eigenvalue weighted by Gasteiger charge is 2.36. The second kappa shape index (κ2) is 8.86. The van der Waals surface area contributed by atoms with E-state index < -0.39 is 11.7 Å². The van der Waals surface area contributed by atoms with Gasteiger partial charge in [0.05, 0.1) is 11.3 Å². The van der Waals surface area contributed by atoms with Gasteiger partial charge >= 0.3 is 6.09 Å². The number of ether oxygens (including phenoxy) is 1. The quantitative estimate of drug-likeness (QED) is 0.765. The van der Waals surface area contributed by atoms with Gasteiger partial charge in [-0.2, -0.15) is 5.10 Å². The first-order chi connectivity index (χ1) is 14.5. The molecule has 0 spiro atoms. The lowest BCUT2D eigenvalue weighted by Gasteiger charge is -2.39. The van der Waals surface area contributed by atoms with Crippen LogP contribution in [0.15, 0.2) is 24.3 Å². The molecule has 1 aliphatic rings. The van der Waals surface area contributed by atoms with Gasteiger partial charge in [-0.3, -0.25) is 9.48 Å². The van der Waals surface area contributed by atoms with Crippen LogP contribution in [0.2, 0.25) is 5.15 Å². The number of amides is 2. The van der Waals surface area contributed by atoms with E-state index in [2.05, 4.69) is 10.4 Å². The third-order valence-corrected chi connectivity index (χ3v) is 5.69. The maximum Gasteiger partial charge on any atom is 0.410 e. The van der Waals surface area contributed by atoms with E-state index in [0.717, 1.165) is 5.56 Å². The molecule has 31 heavy (non-hydrogen) atoms. The molecule has 1 N–H and O–H groups in total. The normalized spacial score (nSPS) is 19.3. The molecule has 3 rings (SSSR count). The van der Waals surface area contributed by atoms with Crippen LogP contribution >= 0.6 is 11.6 Å². The number of likely N-dealkylation sites (tertiary alicyclic amines) is 1. The summed E-state index contributed by atoms with van der Waals surface area (Å²) in [4.78, 5) is 27.2. The molecule has 2 heterocycles. The van der Waals surface area contributed by atoms with Crippen molar-refractivity contribution >= 4 is 23.6 Å². The molecule has 2 amide bonds. The minimum Gasteiger partial charge on any atom is -0.444 e. The smallest absolute Gasteiger partial charge is 0.410 e. The summed E-state index contributed by atoms with van der Waals surface area (Å²) in [5.74, 6) is -0.901. The number of hydrogen-bond acceptors (Lipinski definition) is 4. The third-order valence-electron chi connectivity index (χ3n) is 5.26. The van der Waals surface area contributed by atoms with E-state index in [1.165, 1.54) is 16.8 Å². The minimum atomic E-state index is -0.609. The average Bonchev–Trinajstić information content (AvgIpc) is 2.93. The summed E-state index contributed by atoms with van der Waals surface area (Å²) < 4.78 is 20.5. The molecule has 0 radical (unpaired) electrons. The van der Waals surface area contributed by atoms with Crippen molar-refractivity contribution < 1.29 is 18.7 Å². The molecule has 1 aromatic carbocycles. The molecule has 0 aliphatic carbocycles. The average molecular weight is 451 g/mol. The largest absolute Gasteiger partial charge is 0.444 e. The second-order valence-electron chi connectivity index (χ2n) is 8.83. The fraction of sp³-hybridized carbons (Fsp3) is 0.500. The van der Waals surface area contributed by atoms with Crippen molar-refractivity contribution in [2.75, 3.05) is 13.1 Å². The topological polar surface area (TPSA) is 76.5 Å². The molecular weight excluding hydrogens is 423 g/mol. The van der Waals surface area contributed by atoms with Crippen molar-refractivity contribution in [2.45, 2.75) is 51.7 Å². The Morgan fingerprint density at radius 1 is 1.26 bits per heavy atom. The summed E-state index contributed by atoms with van der Waals surface area (Å²) >= 11 is 6.25. The molecule has 0 unspecified atom stereocenters. The number of carbonyl (C=O) groups excluding carboxylic acids is 2. The summed E-state index contributed by atoms with van der Waals surface area (Å²) in [6, 6.07) is 5.85. The minimum absolute atomic E-state index is 0.235. The van der Waals surface area contributed by atoms with Crippen LogP contribution in [0.5, 0.6) is 0 Å². The fourth-order valence-corrected chi connectivity index (χ4v) is 4.05. The van der Waals surface area contributed by atoms with Gasteiger partial charge in [-0.15, -0.1) is 0 Å². The molecule has 1 fully saturated rings. The van der Waals surface area contributed by atoms with Crippen LogP contribution in [-0.4, -0.2) is 51.4 Å². The Morgan fingerprint density at radius 2 is 1.90 bits per heavy atom. The number of aryl methyl sites for hydroxylation is 2. The van der Waals surface area contributed by atoms with Gasteiger partial charge < -0.3 is 15.0 Å². The van der Waals surface area contributed by atoms with Gasteiger partial charge in [0.1, 0.15) is 16.6 Å². The van der Waals surface area contributed by atoms with Crippen LogP contribution in [0.4, 0.5) is 9.18 Å². The molecule has 1 aromatic heterocycles. The number of aromatic nitrogens is 2. The summed E-state index contributed by atoms with van der Waals surface area (Å²) in [5, 5.41) is 7.51. The molecule has 2 atom stereocenters. The predicted molar refractivity (Wildman–Crippen MR) is 116 cm³/mol. The number of carbonyl (C=O) groups is 2.